The fraction of sp³-hybridized carbons (Fsp3) is 0.240. The molecule has 0 aliphatic carbocycles. The third-order valence-electron chi connectivity index (χ3n) is 5.69. The maximum absolute atomic E-state index is 13.6. The zero-order valence-electron chi connectivity index (χ0n) is 17.1. The summed E-state index contributed by atoms with van der Waals surface area (Å²) < 4.78 is 5.48. The van der Waals surface area contributed by atoms with Crippen LogP contribution in [-0.2, 0) is 10.4 Å². The number of para-hydroxylation sites is 2. The lowest BCUT2D eigenvalue weighted by Gasteiger charge is -2.40. The van der Waals surface area contributed by atoms with Crippen molar-refractivity contribution in [2.75, 3.05) is 38.2 Å². The number of piperazine rings is 1. The first kappa shape index (κ1) is 20.0. The summed E-state index contributed by atoms with van der Waals surface area (Å²) in [5.41, 5.74) is 0.463. The van der Waals surface area contributed by atoms with Crippen molar-refractivity contribution in [1.29, 1.82) is 0 Å². The summed E-state index contributed by atoms with van der Waals surface area (Å²) in [5.74, 6) is 0.530. The molecule has 1 aliphatic heterocycles. The van der Waals surface area contributed by atoms with Crippen molar-refractivity contribution >= 4 is 11.6 Å². The van der Waals surface area contributed by atoms with Crippen molar-refractivity contribution in [3.63, 3.8) is 0 Å². The minimum Gasteiger partial charge on any atom is -0.495 e. The van der Waals surface area contributed by atoms with Gasteiger partial charge < -0.3 is 19.6 Å². The lowest BCUT2D eigenvalue weighted by atomic mass is 9.85. The molecule has 4 rings (SSSR count). The van der Waals surface area contributed by atoms with Gasteiger partial charge in [0, 0.05) is 26.2 Å². The number of ether oxygens (including phenoxy) is 1. The molecule has 1 amide bonds. The first-order valence-electron chi connectivity index (χ1n) is 10.2. The molecule has 1 saturated heterocycles. The minimum absolute atomic E-state index is 0.292. The molecule has 0 unspecified atom stereocenters. The number of aliphatic hydroxyl groups is 1. The summed E-state index contributed by atoms with van der Waals surface area (Å²) in [4.78, 5) is 17.6. The second kappa shape index (κ2) is 8.59. The maximum atomic E-state index is 13.6. The van der Waals surface area contributed by atoms with Gasteiger partial charge in [-0.3, -0.25) is 4.79 Å². The van der Waals surface area contributed by atoms with Gasteiger partial charge in [-0.2, -0.15) is 0 Å². The molecule has 0 atom stereocenters. The predicted molar refractivity (Wildman–Crippen MR) is 118 cm³/mol. The fourth-order valence-corrected chi connectivity index (χ4v) is 4.04. The highest BCUT2D eigenvalue weighted by Crippen LogP contribution is 2.33. The Hall–Kier alpha value is -3.31. The van der Waals surface area contributed by atoms with Crippen LogP contribution in [0.3, 0.4) is 0 Å². The van der Waals surface area contributed by atoms with Crippen LogP contribution in [0, 0.1) is 0 Å². The molecular weight excluding hydrogens is 376 g/mol. The van der Waals surface area contributed by atoms with Gasteiger partial charge in [-0.05, 0) is 23.3 Å². The van der Waals surface area contributed by atoms with Gasteiger partial charge in [0.1, 0.15) is 5.75 Å². The molecule has 3 aromatic rings. The van der Waals surface area contributed by atoms with Crippen LogP contribution in [0.25, 0.3) is 0 Å². The second-order valence-corrected chi connectivity index (χ2v) is 7.39. The Morgan fingerprint density at radius 2 is 1.30 bits per heavy atom. The molecule has 1 fully saturated rings. The molecular formula is C25H26N2O3. The second-order valence-electron chi connectivity index (χ2n) is 7.39. The third-order valence-corrected chi connectivity index (χ3v) is 5.69. The molecule has 1 aliphatic rings. The lowest BCUT2D eigenvalue weighted by Crippen LogP contribution is -2.55. The molecule has 154 valence electrons. The van der Waals surface area contributed by atoms with Crippen LogP contribution in [-0.4, -0.2) is 49.2 Å². The van der Waals surface area contributed by atoms with Gasteiger partial charge >= 0.3 is 0 Å². The number of hydrogen-bond donors (Lipinski definition) is 1. The highest BCUT2D eigenvalue weighted by molar-refractivity contribution is 5.90. The average molecular weight is 402 g/mol. The predicted octanol–water partition coefficient (Wildman–Crippen LogP) is 3.28. The quantitative estimate of drug-likeness (QED) is 0.712. The monoisotopic (exact) mass is 402 g/mol. The summed E-state index contributed by atoms with van der Waals surface area (Å²) >= 11 is 0. The van der Waals surface area contributed by atoms with Gasteiger partial charge in [0.2, 0.25) is 0 Å². The summed E-state index contributed by atoms with van der Waals surface area (Å²) in [5, 5.41) is 11.7. The number of hydrogen-bond acceptors (Lipinski definition) is 4. The first-order chi connectivity index (χ1) is 14.6. The van der Waals surface area contributed by atoms with Gasteiger partial charge in [0.15, 0.2) is 5.60 Å². The van der Waals surface area contributed by atoms with Gasteiger partial charge in [0.05, 0.1) is 12.8 Å². The smallest absolute Gasteiger partial charge is 0.264 e. The number of benzene rings is 3. The van der Waals surface area contributed by atoms with Crippen molar-refractivity contribution in [1.82, 2.24) is 4.90 Å². The molecule has 1 N–H and O–H groups in total. The van der Waals surface area contributed by atoms with E-state index in [0.717, 1.165) is 11.4 Å². The number of rotatable bonds is 5. The van der Waals surface area contributed by atoms with Crippen molar-refractivity contribution in [3.8, 4) is 5.75 Å². The van der Waals surface area contributed by atoms with Crippen molar-refractivity contribution in [2.45, 2.75) is 5.60 Å². The number of amides is 1. The van der Waals surface area contributed by atoms with E-state index in [1.807, 2.05) is 60.7 Å². The number of carbonyl (C=O) groups excluding carboxylic acids is 1. The Morgan fingerprint density at radius 1 is 0.800 bits per heavy atom. The molecule has 5 heteroatoms. The van der Waals surface area contributed by atoms with E-state index in [1.54, 1.807) is 36.3 Å². The standard InChI is InChI=1S/C25H26N2O3/c1-30-23-15-9-8-14-22(23)26-16-18-27(19-17-26)24(28)25(29,20-10-4-2-5-11-20)21-12-6-3-7-13-21/h2-15,29H,16-19H2,1H3. The van der Waals surface area contributed by atoms with E-state index in [9.17, 15) is 9.90 Å². The van der Waals surface area contributed by atoms with E-state index in [1.165, 1.54) is 0 Å². The van der Waals surface area contributed by atoms with Crippen molar-refractivity contribution in [3.05, 3.63) is 96.1 Å². The molecule has 0 saturated carbocycles. The molecule has 5 nitrogen and oxygen atoms in total. The average Bonchev–Trinajstić information content (AvgIpc) is 2.84. The van der Waals surface area contributed by atoms with Crippen LogP contribution in [0.4, 0.5) is 5.69 Å². The summed E-state index contributed by atoms with van der Waals surface area (Å²) in [6, 6.07) is 26.2. The van der Waals surface area contributed by atoms with Crippen LogP contribution in [0.15, 0.2) is 84.9 Å². The molecule has 0 spiro atoms. The normalized spacial score (nSPS) is 14.5. The van der Waals surface area contributed by atoms with Crippen LogP contribution < -0.4 is 9.64 Å². The van der Waals surface area contributed by atoms with Crippen molar-refractivity contribution in [2.24, 2.45) is 0 Å². The minimum atomic E-state index is -1.71. The molecule has 0 bridgehead atoms. The van der Waals surface area contributed by atoms with Crippen molar-refractivity contribution < 1.29 is 14.6 Å². The molecule has 3 aromatic carbocycles. The highest BCUT2D eigenvalue weighted by atomic mass is 16.5. The Balaban J connectivity index is 1.58. The maximum Gasteiger partial charge on any atom is 0.264 e. The Bertz CT molecular complexity index is 944. The van der Waals surface area contributed by atoms with E-state index in [0.29, 0.717) is 37.3 Å². The molecule has 0 radical (unpaired) electrons. The number of nitrogens with zero attached hydrogens (tertiary/aromatic N) is 2. The van der Waals surface area contributed by atoms with Crippen LogP contribution >= 0.6 is 0 Å². The third kappa shape index (κ3) is 3.64. The molecule has 30 heavy (non-hydrogen) atoms. The summed E-state index contributed by atoms with van der Waals surface area (Å²) in [7, 11) is 1.67. The SMILES string of the molecule is COc1ccccc1N1CCN(C(=O)C(O)(c2ccccc2)c2ccccc2)CC1. The first-order valence-corrected chi connectivity index (χ1v) is 10.2. The zero-order chi connectivity index (χ0) is 21.0. The zero-order valence-corrected chi connectivity index (χ0v) is 17.1. The van der Waals surface area contributed by atoms with E-state index in [-0.39, 0.29) is 5.91 Å². The van der Waals surface area contributed by atoms with Gasteiger partial charge in [-0.25, -0.2) is 0 Å². The number of carbonyl (C=O) groups is 1. The van der Waals surface area contributed by atoms with E-state index in [4.69, 9.17) is 4.74 Å². The van der Waals surface area contributed by atoms with Gasteiger partial charge in [0.25, 0.3) is 5.91 Å². The fourth-order valence-electron chi connectivity index (χ4n) is 4.04. The van der Waals surface area contributed by atoms with E-state index in [2.05, 4.69) is 4.90 Å². The van der Waals surface area contributed by atoms with E-state index < -0.39 is 5.60 Å². The van der Waals surface area contributed by atoms with Crippen LogP contribution in [0.5, 0.6) is 5.75 Å². The Morgan fingerprint density at radius 3 is 1.83 bits per heavy atom. The molecule has 1 heterocycles. The Labute approximate surface area is 177 Å². The van der Waals surface area contributed by atoms with E-state index >= 15 is 0 Å². The van der Waals surface area contributed by atoms with Gasteiger partial charge in [-0.1, -0.05) is 72.8 Å². The molecule has 0 aromatic heterocycles. The Kier molecular flexibility index (Phi) is 5.72. The lowest BCUT2D eigenvalue weighted by molar-refractivity contribution is -0.148. The topological polar surface area (TPSA) is 53.0 Å². The van der Waals surface area contributed by atoms with Gasteiger partial charge in [-0.15, -0.1) is 0 Å². The van der Waals surface area contributed by atoms with Crippen LogP contribution in [0.1, 0.15) is 11.1 Å². The summed E-state index contributed by atoms with van der Waals surface area (Å²) in [6.45, 7) is 2.40. The van der Waals surface area contributed by atoms with Crippen LogP contribution in [0.2, 0.25) is 0 Å². The number of anilines is 1. The summed E-state index contributed by atoms with van der Waals surface area (Å²) in [6.07, 6.45) is 0. The largest absolute Gasteiger partial charge is 0.495 e. The highest BCUT2D eigenvalue weighted by Gasteiger charge is 2.43. The number of methoxy groups -OCH3 is 1.